The number of carboxylic acid groups (broad SMARTS) is 1. The highest BCUT2D eigenvalue weighted by Gasteiger charge is 2.27. The fourth-order valence-electron chi connectivity index (χ4n) is 2.10. The van der Waals surface area contributed by atoms with E-state index >= 15 is 0 Å². The lowest BCUT2D eigenvalue weighted by Gasteiger charge is -2.32. The third-order valence-corrected chi connectivity index (χ3v) is 3.13. The molecule has 8 heteroatoms. The van der Waals surface area contributed by atoms with Gasteiger partial charge in [-0.2, -0.15) is 0 Å². The molecule has 1 fully saturated rings. The number of nitrogens with two attached hydrogens (primary N) is 1. The Morgan fingerprint density at radius 1 is 1.40 bits per heavy atom. The van der Waals surface area contributed by atoms with Crippen LogP contribution in [0.2, 0.25) is 0 Å². The number of nitrogens with one attached hydrogen (secondary N) is 1. The number of aliphatic carboxylic acids is 1. The van der Waals surface area contributed by atoms with E-state index in [2.05, 4.69) is 5.32 Å². The molecule has 1 rings (SSSR count). The summed E-state index contributed by atoms with van der Waals surface area (Å²) in [5.74, 6) is -2.05. The van der Waals surface area contributed by atoms with Crippen molar-refractivity contribution >= 4 is 17.9 Å². The molecule has 4 N–H and O–H groups in total. The topological polar surface area (TPSA) is 122 Å². The van der Waals surface area contributed by atoms with Gasteiger partial charge in [-0.05, 0) is 19.8 Å². The molecule has 0 saturated carbocycles. The molecule has 8 nitrogen and oxygen atoms in total. The first-order valence-corrected chi connectivity index (χ1v) is 6.62. The summed E-state index contributed by atoms with van der Waals surface area (Å²) in [6.07, 6.45) is 1.16. The van der Waals surface area contributed by atoms with Crippen LogP contribution in [0.1, 0.15) is 26.2 Å². The van der Waals surface area contributed by atoms with Crippen LogP contribution >= 0.6 is 0 Å². The van der Waals surface area contributed by atoms with Crippen molar-refractivity contribution in [1.29, 1.82) is 0 Å². The molecule has 3 amide bonds. The molecule has 0 bridgehead atoms. The minimum Gasteiger partial charge on any atom is -0.480 e. The first-order chi connectivity index (χ1) is 9.43. The van der Waals surface area contributed by atoms with Gasteiger partial charge in [-0.3, -0.25) is 4.79 Å². The lowest BCUT2D eigenvalue weighted by atomic mass is 10.1. The van der Waals surface area contributed by atoms with E-state index in [0.29, 0.717) is 19.7 Å². The van der Waals surface area contributed by atoms with E-state index in [9.17, 15) is 14.4 Å². The molecule has 1 atom stereocenters. The van der Waals surface area contributed by atoms with Crippen molar-refractivity contribution in [3.8, 4) is 0 Å². The van der Waals surface area contributed by atoms with Crippen molar-refractivity contribution in [1.82, 2.24) is 10.2 Å². The monoisotopic (exact) mass is 287 g/mol. The highest BCUT2D eigenvalue weighted by Crippen LogP contribution is 2.13. The van der Waals surface area contributed by atoms with Crippen LogP contribution in [-0.2, 0) is 14.3 Å². The van der Waals surface area contributed by atoms with Crippen LogP contribution in [0, 0.1) is 0 Å². The molecule has 114 valence electrons. The number of hydrogen-bond donors (Lipinski definition) is 3. The van der Waals surface area contributed by atoms with Crippen LogP contribution in [0.25, 0.3) is 0 Å². The number of primary amides is 1. The van der Waals surface area contributed by atoms with Crippen molar-refractivity contribution in [2.75, 3.05) is 19.7 Å². The molecule has 0 aromatic carbocycles. The van der Waals surface area contributed by atoms with Crippen molar-refractivity contribution in [3.05, 3.63) is 0 Å². The average Bonchev–Trinajstić information content (AvgIpc) is 2.38. The molecule has 0 unspecified atom stereocenters. The minimum atomic E-state index is -1.29. The zero-order chi connectivity index (χ0) is 15.1. The molecule has 0 spiro atoms. The zero-order valence-electron chi connectivity index (χ0n) is 11.5. The Balaban J connectivity index is 2.45. The summed E-state index contributed by atoms with van der Waals surface area (Å²) in [6.45, 7) is 3.55. The maximum absolute atomic E-state index is 11.9. The first-order valence-electron chi connectivity index (χ1n) is 6.62. The van der Waals surface area contributed by atoms with Gasteiger partial charge in [0.25, 0.3) is 0 Å². The average molecular weight is 287 g/mol. The molecule has 1 heterocycles. The highest BCUT2D eigenvalue weighted by atomic mass is 16.5. The molecule has 0 aromatic rings. The third-order valence-electron chi connectivity index (χ3n) is 3.13. The molecule has 0 aromatic heterocycles. The summed E-state index contributed by atoms with van der Waals surface area (Å²) < 4.78 is 5.47. The largest absolute Gasteiger partial charge is 0.480 e. The molecule has 0 aliphatic carbocycles. The number of rotatable bonds is 6. The van der Waals surface area contributed by atoms with Gasteiger partial charge < -0.3 is 25.8 Å². The number of urea groups is 1. The molecule has 0 radical (unpaired) electrons. The fourth-order valence-corrected chi connectivity index (χ4v) is 2.10. The Morgan fingerprint density at radius 3 is 2.45 bits per heavy atom. The minimum absolute atomic E-state index is 0.143. The predicted molar refractivity (Wildman–Crippen MR) is 70.0 cm³/mol. The second kappa shape index (κ2) is 7.68. The van der Waals surface area contributed by atoms with Crippen LogP contribution in [0.4, 0.5) is 4.79 Å². The van der Waals surface area contributed by atoms with Gasteiger partial charge in [0.05, 0.1) is 12.5 Å². The second-order valence-electron chi connectivity index (χ2n) is 4.65. The van der Waals surface area contributed by atoms with Crippen molar-refractivity contribution in [3.63, 3.8) is 0 Å². The first kappa shape index (κ1) is 16.2. The van der Waals surface area contributed by atoms with Crippen LogP contribution in [-0.4, -0.2) is 59.8 Å². The maximum Gasteiger partial charge on any atom is 0.326 e. The number of carboxylic acids is 1. The Morgan fingerprint density at radius 2 is 2.00 bits per heavy atom. The fraction of sp³-hybridized carbons (Fsp3) is 0.750. The van der Waals surface area contributed by atoms with Crippen molar-refractivity contribution < 1.29 is 24.2 Å². The number of ether oxygens (including phenoxy) is 1. The Kier molecular flexibility index (Phi) is 6.23. The van der Waals surface area contributed by atoms with E-state index in [1.54, 1.807) is 0 Å². The van der Waals surface area contributed by atoms with Crippen molar-refractivity contribution in [2.24, 2.45) is 5.73 Å². The Labute approximate surface area is 117 Å². The van der Waals surface area contributed by atoms with E-state index in [-0.39, 0.29) is 6.10 Å². The number of likely N-dealkylation sites (tertiary alicyclic amines) is 1. The Hall–Kier alpha value is -1.83. The third kappa shape index (κ3) is 5.04. The molecular formula is C12H21N3O5. The molecule has 1 saturated heterocycles. The summed E-state index contributed by atoms with van der Waals surface area (Å²) in [5.41, 5.74) is 4.95. The summed E-state index contributed by atoms with van der Waals surface area (Å²) >= 11 is 0. The number of amides is 3. The van der Waals surface area contributed by atoms with Gasteiger partial charge in [-0.15, -0.1) is 0 Å². The van der Waals surface area contributed by atoms with Gasteiger partial charge in [0, 0.05) is 19.7 Å². The lowest BCUT2D eigenvalue weighted by Crippen LogP contribution is -2.51. The molecule has 1 aliphatic rings. The standard InChI is InChI=1S/C12H21N3O5/c1-2-20-8-3-5-15(6-4-8)12(19)14-9(11(17)18)7-10(13)16/h8-9H,2-7H2,1H3,(H2,13,16)(H,14,19)(H,17,18)/t9-/m1/s1. The maximum atomic E-state index is 11.9. The normalized spacial score (nSPS) is 17.6. The SMILES string of the molecule is CCOC1CCN(C(=O)N[C@H](CC(N)=O)C(=O)O)CC1. The van der Waals surface area contributed by atoms with Gasteiger partial charge in [0.15, 0.2) is 0 Å². The molecule has 1 aliphatic heterocycles. The van der Waals surface area contributed by atoms with E-state index < -0.39 is 30.4 Å². The van der Waals surface area contributed by atoms with Crippen LogP contribution in [0.5, 0.6) is 0 Å². The van der Waals surface area contributed by atoms with Gasteiger partial charge in [-0.25, -0.2) is 9.59 Å². The smallest absolute Gasteiger partial charge is 0.326 e. The summed E-state index contributed by atoms with van der Waals surface area (Å²) in [5, 5.41) is 11.2. The molecule has 20 heavy (non-hydrogen) atoms. The van der Waals surface area contributed by atoms with E-state index in [4.69, 9.17) is 15.6 Å². The number of nitrogens with zero attached hydrogens (tertiary/aromatic N) is 1. The zero-order valence-corrected chi connectivity index (χ0v) is 11.5. The number of carbonyl (C=O) groups is 3. The quantitative estimate of drug-likeness (QED) is 0.609. The number of piperidine rings is 1. The number of carbonyl (C=O) groups excluding carboxylic acids is 2. The van der Waals surface area contributed by atoms with Crippen LogP contribution < -0.4 is 11.1 Å². The predicted octanol–water partition coefficient (Wildman–Crippen LogP) is -0.474. The van der Waals surface area contributed by atoms with Gasteiger partial charge in [-0.1, -0.05) is 0 Å². The van der Waals surface area contributed by atoms with E-state index in [0.717, 1.165) is 12.8 Å². The van der Waals surface area contributed by atoms with Crippen LogP contribution in [0.15, 0.2) is 0 Å². The van der Waals surface area contributed by atoms with Gasteiger partial charge in [0.1, 0.15) is 6.04 Å². The van der Waals surface area contributed by atoms with Crippen LogP contribution in [0.3, 0.4) is 0 Å². The van der Waals surface area contributed by atoms with Crippen molar-refractivity contribution in [2.45, 2.75) is 38.3 Å². The van der Waals surface area contributed by atoms with E-state index in [1.807, 2.05) is 6.92 Å². The Bertz CT molecular complexity index is 366. The van der Waals surface area contributed by atoms with Gasteiger partial charge in [0.2, 0.25) is 5.91 Å². The summed E-state index contributed by atoms with van der Waals surface area (Å²) in [7, 11) is 0. The van der Waals surface area contributed by atoms with E-state index in [1.165, 1.54) is 4.90 Å². The van der Waals surface area contributed by atoms with Gasteiger partial charge >= 0.3 is 12.0 Å². The summed E-state index contributed by atoms with van der Waals surface area (Å²) in [4.78, 5) is 35.1. The molecular weight excluding hydrogens is 266 g/mol. The number of hydrogen-bond acceptors (Lipinski definition) is 4. The highest BCUT2D eigenvalue weighted by molar-refractivity contribution is 5.87. The summed E-state index contributed by atoms with van der Waals surface area (Å²) in [6, 6.07) is -1.78. The lowest BCUT2D eigenvalue weighted by molar-refractivity contribution is -0.141. The second-order valence-corrected chi connectivity index (χ2v) is 4.65.